The van der Waals surface area contributed by atoms with Crippen molar-refractivity contribution in [3.05, 3.63) is 52.6 Å². The highest BCUT2D eigenvalue weighted by molar-refractivity contribution is 6.32. The molecule has 1 heterocycles. The molecule has 0 spiro atoms. The third-order valence-corrected chi connectivity index (χ3v) is 4.56. The van der Waals surface area contributed by atoms with E-state index in [-0.39, 0.29) is 5.91 Å². The van der Waals surface area contributed by atoms with Gasteiger partial charge in [-0.05, 0) is 54.8 Å². The van der Waals surface area contributed by atoms with Crippen LogP contribution in [0.25, 0.3) is 6.08 Å². The van der Waals surface area contributed by atoms with Crippen molar-refractivity contribution in [1.29, 1.82) is 0 Å². The van der Waals surface area contributed by atoms with E-state index in [0.717, 1.165) is 11.1 Å². The summed E-state index contributed by atoms with van der Waals surface area (Å²) < 4.78 is 21.9. The number of carbonyl (C=O) groups is 1. The Morgan fingerprint density at radius 3 is 2.83 bits per heavy atom. The summed E-state index contributed by atoms with van der Waals surface area (Å²) in [5.41, 5.74) is 1.82. The predicted molar refractivity (Wildman–Crippen MR) is 112 cm³/mol. The number of rotatable bonds is 8. The summed E-state index contributed by atoms with van der Waals surface area (Å²) in [6.07, 6.45) is 3.86. The van der Waals surface area contributed by atoms with Crippen LogP contribution < -0.4 is 24.3 Å². The van der Waals surface area contributed by atoms with Gasteiger partial charge in [-0.2, -0.15) is 0 Å². The second-order valence-corrected chi connectivity index (χ2v) is 6.73. The quantitative estimate of drug-likeness (QED) is 0.660. The summed E-state index contributed by atoms with van der Waals surface area (Å²) in [6, 6.07) is 9.25. The number of carbonyl (C=O) groups excluding carboxylic acids is 1. The van der Waals surface area contributed by atoms with Gasteiger partial charge in [0, 0.05) is 12.6 Å². The minimum absolute atomic E-state index is 0.178. The maximum atomic E-state index is 12.1. The second kappa shape index (κ2) is 10.1. The third kappa shape index (κ3) is 5.57. The van der Waals surface area contributed by atoms with Crippen molar-refractivity contribution in [3.8, 4) is 23.0 Å². The highest BCUT2D eigenvalue weighted by Gasteiger charge is 2.16. The van der Waals surface area contributed by atoms with E-state index < -0.39 is 0 Å². The summed E-state index contributed by atoms with van der Waals surface area (Å²) >= 11 is 6.24. The van der Waals surface area contributed by atoms with Crippen molar-refractivity contribution in [2.45, 2.75) is 13.3 Å². The molecule has 0 radical (unpaired) electrons. The molecule has 29 heavy (non-hydrogen) atoms. The second-order valence-electron chi connectivity index (χ2n) is 6.32. The maximum absolute atomic E-state index is 12.1. The summed E-state index contributed by atoms with van der Waals surface area (Å²) in [5.74, 6) is 2.36. The number of methoxy groups -OCH3 is 1. The lowest BCUT2D eigenvalue weighted by Crippen LogP contribution is -2.23. The minimum Gasteiger partial charge on any atom is -0.493 e. The fourth-order valence-corrected chi connectivity index (χ4v) is 3.22. The van der Waals surface area contributed by atoms with E-state index in [1.54, 1.807) is 13.2 Å². The molecule has 6 nitrogen and oxygen atoms in total. The molecule has 1 N–H and O–H groups in total. The molecule has 2 aromatic rings. The molecule has 1 aliphatic rings. The molecule has 0 bridgehead atoms. The fraction of sp³-hybridized carbons (Fsp3) is 0.318. The molecule has 7 heteroatoms. The Hall–Kier alpha value is -2.86. The summed E-state index contributed by atoms with van der Waals surface area (Å²) in [7, 11) is 1.59. The highest BCUT2D eigenvalue weighted by atomic mass is 35.5. The number of nitrogens with one attached hydrogen (secondary N) is 1. The molecule has 0 atom stereocenters. The lowest BCUT2D eigenvalue weighted by atomic mass is 10.1. The zero-order chi connectivity index (χ0) is 20.6. The van der Waals surface area contributed by atoms with E-state index in [1.807, 2.05) is 37.3 Å². The lowest BCUT2D eigenvalue weighted by molar-refractivity contribution is -0.116. The van der Waals surface area contributed by atoms with Gasteiger partial charge in [0.05, 0.1) is 18.7 Å². The van der Waals surface area contributed by atoms with Crippen molar-refractivity contribution >= 4 is 23.6 Å². The molecule has 1 amide bonds. The van der Waals surface area contributed by atoms with Crippen LogP contribution >= 0.6 is 11.6 Å². The van der Waals surface area contributed by atoms with E-state index in [4.69, 9.17) is 30.5 Å². The van der Waals surface area contributed by atoms with Crippen LogP contribution in [-0.4, -0.2) is 39.4 Å². The number of halogens is 1. The van der Waals surface area contributed by atoms with Crippen LogP contribution in [0.2, 0.25) is 5.02 Å². The zero-order valence-electron chi connectivity index (χ0n) is 16.5. The first-order chi connectivity index (χ1) is 14.1. The normalized spacial score (nSPS) is 12.7. The average Bonchev–Trinajstić information content (AvgIpc) is 2.73. The van der Waals surface area contributed by atoms with E-state index in [0.29, 0.717) is 60.8 Å². The summed E-state index contributed by atoms with van der Waals surface area (Å²) in [5, 5.41) is 3.39. The Kier molecular flexibility index (Phi) is 7.25. The van der Waals surface area contributed by atoms with Crippen molar-refractivity contribution in [2.75, 3.05) is 33.5 Å². The summed E-state index contributed by atoms with van der Waals surface area (Å²) in [6.45, 7) is 3.92. The van der Waals surface area contributed by atoms with Gasteiger partial charge in [-0.1, -0.05) is 17.7 Å². The molecule has 0 aromatic heterocycles. The van der Waals surface area contributed by atoms with Crippen molar-refractivity contribution in [1.82, 2.24) is 5.32 Å². The van der Waals surface area contributed by atoms with Gasteiger partial charge in [-0.3, -0.25) is 4.79 Å². The van der Waals surface area contributed by atoms with Crippen molar-refractivity contribution < 1.29 is 23.7 Å². The number of hydrogen-bond acceptors (Lipinski definition) is 5. The van der Waals surface area contributed by atoms with Gasteiger partial charge in [-0.25, -0.2) is 0 Å². The smallest absolute Gasteiger partial charge is 0.244 e. The van der Waals surface area contributed by atoms with Crippen molar-refractivity contribution in [2.24, 2.45) is 0 Å². The van der Waals surface area contributed by atoms with Crippen LogP contribution in [0.15, 0.2) is 36.4 Å². The largest absolute Gasteiger partial charge is 0.493 e. The van der Waals surface area contributed by atoms with E-state index in [9.17, 15) is 4.79 Å². The van der Waals surface area contributed by atoms with Gasteiger partial charge in [-0.15, -0.1) is 0 Å². The Morgan fingerprint density at radius 2 is 2.03 bits per heavy atom. The third-order valence-electron chi connectivity index (χ3n) is 4.28. The topological polar surface area (TPSA) is 66.0 Å². The number of amides is 1. The van der Waals surface area contributed by atoms with Crippen LogP contribution in [0.4, 0.5) is 0 Å². The first-order valence-electron chi connectivity index (χ1n) is 9.45. The Bertz CT molecular complexity index is 897. The highest BCUT2D eigenvalue weighted by Crippen LogP contribution is 2.38. The Morgan fingerprint density at radius 1 is 1.21 bits per heavy atom. The molecule has 1 aliphatic heterocycles. The van der Waals surface area contributed by atoms with Gasteiger partial charge in [0.15, 0.2) is 23.0 Å². The van der Waals surface area contributed by atoms with Gasteiger partial charge in [0.1, 0.15) is 13.2 Å². The van der Waals surface area contributed by atoms with Gasteiger partial charge < -0.3 is 24.3 Å². The number of hydrogen-bond donors (Lipinski definition) is 1. The zero-order valence-corrected chi connectivity index (χ0v) is 17.3. The van der Waals surface area contributed by atoms with E-state index in [1.165, 1.54) is 6.08 Å². The molecule has 0 saturated heterocycles. The molecular formula is C22H24ClNO5. The first-order valence-corrected chi connectivity index (χ1v) is 9.83. The molecule has 0 fully saturated rings. The monoisotopic (exact) mass is 417 g/mol. The Balaban J connectivity index is 1.54. The van der Waals surface area contributed by atoms with E-state index >= 15 is 0 Å². The molecule has 3 rings (SSSR count). The fourth-order valence-electron chi connectivity index (χ4n) is 2.93. The minimum atomic E-state index is -0.178. The first kappa shape index (κ1) is 20.9. The van der Waals surface area contributed by atoms with Gasteiger partial charge in [0.25, 0.3) is 0 Å². The van der Waals surface area contributed by atoms with Crippen LogP contribution in [0.1, 0.15) is 18.1 Å². The number of fused-ring (bicyclic) bond motifs is 1. The maximum Gasteiger partial charge on any atom is 0.244 e. The molecule has 0 saturated carbocycles. The lowest BCUT2D eigenvalue weighted by Gasteiger charge is -2.20. The van der Waals surface area contributed by atoms with Crippen LogP contribution in [0.5, 0.6) is 23.0 Å². The molecule has 154 valence electrons. The number of ether oxygens (including phenoxy) is 4. The summed E-state index contributed by atoms with van der Waals surface area (Å²) in [4.78, 5) is 12.1. The number of benzene rings is 2. The molecule has 2 aromatic carbocycles. The van der Waals surface area contributed by atoms with E-state index in [2.05, 4.69) is 5.32 Å². The van der Waals surface area contributed by atoms with Crippen LogP contribution in [0.3, 0.4) is 0 Å². The SMILES string of the molecule is CCOc1cc(/C=C/C(=O)NCCc2cc(Cl)c3c(c2)OCCO3)ccc1OC. The van der Waals surface area contributed by atoms with Gasteiger partial charge >= 0.3 is 0 Å². The predicted octanol–water partition coefficient (Wildman–Crippen LogP) is 3.89. The average molecular weight is 418 g/mol. The molecular weight excluding hydrogens is 394 g/mol. The molecule has 0 unspecified atom stereocenters. The molecule has 0 aliphatic carbocycles. The van der Waals surface area contributed by atoms with Crippen molar-refractivity contribution in [3.63, 3.8) is 0 Å². The van der Waals surface area contributed by atoms with Crippen LogP contribution in [0, 0.1) is 0 Å². The Labute approximate surface area is 175 Å². The van der Waals surface area contributed by atoms with Crippen LogP contribution in [-0.2, 0) is 11.2 Å². The standard InChI is InChI=1S/C22H24ClNO5/c1-3-27-19-13-15(4-6-18(19)26-2)5-7-21(25)24-9-8-16-12-17(23)22-20(14-16)28-10-11-29-22/h4-7,12-14H,3,8-11H2,1-2H3,(H,24,25)/b7-5+. The van der Waals surface area contributed by atoms with Gasteiger partial charge in [0.2, 0.25) is 5.91 Å².